The molecule has 22 heavy (non-hydrogen) atoms. The molecule has 0 bridgehead atoms. The molecule has 0 saturated carbocycles. The highest BCUT2D eigenvalue weighted by Gasteiger charge is 2.33. The van der Waals surface area contributed by atoms with Crippen LogP contribution in [0.3, 0.4) is 0 Å². The number of carbonyl (C=O) groups excluding carboxylic acids is 1. The van der Waals surface area contributed by atoms with Crippen LogP contribution in [0, 0.1) is 5.92 Å². The van der Waals surface area contributed by atoms with Crippen LogP contribution in [0.2, 0.25) is 0 Å². The number of anilines is 1. The van der Waals surface area contributed by atoms with Crippen LogP contribution in [-0.4, -0.2) is 25.8 Å². The molecule has 1 N–H and O–H groups in total. The zero-order valence-electron chi connectivity index (χ0n) is 13.7. The molecule has 4 nitrogen and oxygen atoms in total. The van der Waals surface area contributed by atoms with Crippen molar-refractivity contribution in [3.8, 4) is 0 Å². The molecule has 2 rings (SSSR count). The third-order valence-electron chi connectivity index (χ3n) is 4.22. The van der Waals surface area contributed by atoms with Crippen LogP contribution in [0.1, 0.15) is 57.1 Å². The maximum absolute atomic E-state index is 12.5. The first-order valence-electron chi connectivity index (χ1n) is 7.85. The predicted molar refractivity (Wildman–Crippen MR) is 90.0 cm³/mol. The number of sulfone groups is 1. The Morgan fingerprint density at radius 2 is 1.68 bits per heavy atom. The molecule has 1 aliphatic rings. The molecule has 1 heterocycles. The summed E-state index contributed by atoms with van der Waals surface area (Å²) in [4.78, 5) is 12.5. The molecule has 0 spiro atoms. The number of carbonyl (C=O) groups is 1. The molecular weight excluding hydrogens is 298 g/mol. The van der Waals surface area contributed by atoms with Gasteiger partial charge in [0.25, 0.3) is 0 Å². The first-order chi connectivity index (χ1) is 10.2. The zero-order valence-corrected chi connectivity index (χ0v) is 14.5. The molecule has 0 unspecified atom stereocenters. The van der Waals surface area contributed by atoms with Crippen LogP contribution in [0.4, 0.5) is 5.69 Å². The Kier molecular flexibility index (Phi) is 4.95. The van der Waals surface area contributed by atoms with Gasteiger partial charge in [0.15, 0.2) is 9.84 Å². The smallest absolute Gasteiger partial charge is 0.228 e. The van der Waals surface area contributed by atoms with Crippen molar-refractivity contribution in [1.29, 1.82) is 0 Å². The van der Waals surface area contributed by atoms with Crippen molar-refractivity contribution < 1.29 is 13.2 Å². The van der Waals surface area contributed by atoms with Gasteiger partial charge in [-0.3, -0.25) is 4.79 Å². The topological polar surface area (TPSA) is 63.2 Å². The summed E-state index contributed by atoms with van der Waals surface area (Å²) < 4.78 is 23.1. The summed E-state index contributed by atoms with van der Waals surface area (Å²) in [5, 5.41) is 3.02. The molecule has 1 aliphatic heterocycles. The van der Waals surface area contributed by atoms with Crippen molar-refractivity contribution in [3.63, 3.8) is 0 Å². The Morgan fingerprint density at radius 1 is 1.14 bits per heavy atom. The maximum atomic E-state index is 12.5. The molecule has 0 aromatic heterocycles. The lowest BCUT2D eigenvalue weighted by Crippen LogP contribution is -2.25. The quantitative estimate of drug-likeness (QED) is 0.924. The van der Waals surface area contributed by atoms with Gasteiger partial charge in [-0.25, -0.2) is 8.42 Å². The van der Waals surface area contributed by atoms with E-state index in [1.54, 1.807) is 0 Å². The van der Waals surface area contributed by atoms with E-state index in [2.05, 4.69) is 33.0 Å². The summed E-state index contributed by atoms with van der Waals surface area (Å²) in [5.74, 6) is 0.0807. The van der Waals surface area contributed by atoms with Crippen molar-refractivity contribution in [1.82, 2.24) is 0 Å². The number of hydrogen-bond acceptors (Lipinski definition) is 3. The summed E-state index contributed by atoms with van der Waals surface area (Å²) in [6, 6.07) is 6.06. The second-order valence-corrected chi connectivity index (χ2v) is 8.94. The van der Waals surface area contributed by atoms with Crippen molar-refractivity contribution >= 4 is 21.4 Å². The summed E-state index contributed by atoms with van der Waals surface area (Å²) >= 11 is 0. The highest BCUT2D eigenvalue weighted by molar-refractivity contribution is 7.91. The second-order valence-electron chi connectivity index (χ2n) is 6.71. The van der Waals surface area contributed by atoms with Crippen molar-refractivity contribution in [2.24, 2.45) is 5.92 Å². The molecule has 0 radical (unpaired) electrons. The molecule has 1 saturated heterocycles. The third-order valence-corrected chi connectivity index (χ3v) is 5.99. The first kappa shape index (κ1) is 17.0. The van der Waals surface area contributed by atoms with Crippen molar-refractivity contribution in [2.75, 3.05) is 16.8 Å². The standard InChI is InChI=1S/C17H25NO3S/c1-11(2)14-6-5-7-15(12(3)4)16(14)18-17(19)13-8-9-22(20,21)10-13/h5-7,11-13H,8-10H2,1-4H3,(H,18,19)/t13-/m1/s1. The molecule has 1 atom stereocenters. The minimum Gasteiger partial charge on any atom is -0.325 e. The van der Waals surface area contributed by atoms with Gasteiger partial charge in [0, 0.05) is 5.69 Å². The minimum absolute atomic E-state index is 0.0281. The highest BCUT2D eigenvalue weighted by atomic mass is 32.2. The van der Waals surface area contributed by atoms with Gasteiger partial charge in [-0.15, -0.1) is 0 Å². The van der Waals surface area contributed by atoms with Gasteiger partial charge in [0.1, 0.15) is 0 Å². The van der Waals surface area contributed by atoms with Gasteiger partial charge in [-0.05, 0) is 29.4 Å². The van der Waals surface area contributed by atoms with Crippen LogP contribution >= 0.6 is 0 Å². The predicted octanol–water partition coefficient (Wildman–Crippen LogP) is 3.31. The summed E-state index contributed by atoms with van der Waals surface area (Å²) in [6.07, 6.45) is 0.426. The van der Waals surface area contributed by atoms with Gasteiger partial charge >= 0.3 is 0 Å². The Hall–Kier alpha value is -1.36. The van der Waals surface area contributed by atoms with Crippen LogP contribution in [0.5, 0.6) is 0 Å². The van der Waals surface area contributed by atoms with E-state index in [9.17, 15) is 13.2 Å². The lowest BCUT2D eigenvalue weighted by Gasteiger charge is -2.21. The van der Waals surface area contributed by atoms with Gasteiger partial charge in [0.2, 0.25) is 5.91 Å². The van der Waals surface area contributed by atoms with E-state index in [4.69, 9.17) is 0 Å². The lowest BCUT2D eigenvalue weighted by molar-refractivity contribution is -0.119. The number of amides is 1. The number of rotatable bonds is 4. The Labute approximate surface area is 133 Å². The maximum Gasteiger partial charge on any atom is 0.228 e. The average molecular weight is 323 g/mol. The third kappa shape index (κ3) is 3.69. The fourth-order valence-electron chi connectivity index (χ4n) is 2.92. The lowest BCUT2D eigenvalue weighted by atomic mass is 9.92. The summed E-state index contributed by atoms with van der Waals surface area (Å²) in [6.45, 7) is 8.37. The van der Waals surface area contributed by atoms with Crippen molar-refractivity contribution in [2.45, 2.75) is 46.0 Å². The van der Waals surface area contributed by atoms with E-state index in [0.29, 0.717) is 18.3 Å². The van der Waals surface area contributed by atoms with Crippen LogP contribution in [0.15, 0.2) is 18.2 Å². The Balaban J connectivity index is 2.30. The van der Waals surface area contributed by atoms with Gasteiger partial charge < -0.3 is 5.32 Å². The number of nitrogens with one attached hydrogen (secondary N) is 1. The van der Waals surface area contributed by atoms with Crippen molar-refractivity contribution in [3.05, 3.63) is 29.3 Å². The van der Waals surface area contributed by atoms with Crippen LogP contribution in [-0.2, 0) is 14.6 Å². The first-order valence-corrected chi connectivity index (χ1v) is 9.67. The fourth-order valence-corrected chi connectivity index (χ4v) is 4.66. The Bertz CT molecular complexity index is 636. The Morgan fingerprint density at radius 3 is 2.09 bits per heavy atom. The molecule has 5 heteroatoms. The number of benzene rings is 1. The van der Waals surface area contributed by atoms with E-state index in [0.717, 1.165) is 16.8 Å². The number of hydrogen-bond donors (Lipinski definition) is 1. The molecule has 1 aromatic carbocycles. The van der Waals surface area contributed by atoms with Gasteiger partial charge in [-0.2, -0.15) is 0 Å². The highest BCUT2D eigenvalue weighted by Crippen LogP contribution is 2.33. The molecule has 122 valence electrons. The van der Waals surface area contributed by atoms with E-state index in [1.807, 2.05) is 18.2 Å². The SMILES string of the molecule is CC(C)c1cccc(C(C)C)c1NC(=O)[C@@H]1CCS(=O)(=O)C1. The monoisotopic (exact) mass is 323 g/mol. The van der Waals surface area contributed by atoms with E-state index in [1.165, 1.54) is 0 Å². The summed E-state index contributed by atoms with van der Waals surface area (Å²) in [5.41, 5.74) is 3.06. The minimum atomic E-state index is -3.05. The molecule has 0 aliphatic carbocycles. The van der Waals surface area contributed by atoms with Gasteiger partial charge in [-0.1, -0.05) is 45.9 Å². The summed E-state index contributed by atoms with van der Waals surface area (Å²) in [7, 11) is -3.05. The largest absolute Gasteiger partial charge is 0.325 e. The second kappa shape index (κ2) is 6.41. The normalized spacial score (nSPS) is 20.5. The fraction of sp³-hybridized carbons (Fsp3) is 0.588. The average Bonchev–Trinajstić information content (AvgIpc) is 2.78. The molecule has 1 fully saturated rings. The zero-order chi connectivity index (χ0) is 16.5. The van der Waals surface area contributed by atoms with E-state index >= 15 is 0 Å². The van der Waals surface area contributed by atoms with Crippen LogP contribution < -0.4 is 5.32 Å². The van der Waals surface area contributed by atoms with Crippen LogP contribution in [0.25, 0.3) is 0 Å². The molecular formula is C17H25NO3S. The van der Waals surface area contributed by atoms with Gasteiger partial charge in [0.05, 0.1) is 17.4 Å². The van der Waals surface area contributed by atoms with E-state index in [-0.39, 0.29) is 17.4 Å². The van der Waals surface area contributed by atoms with E-state index < -0.39 is 15.8 Å². The molecule has 1 amide bonds. The molecule has 1 aromatic rings. The number of para-hydroxylation sites is 1.